The first-order valence-corrected chi connectivity index (χ1v) is 7.20. The van der Waals surface area contributed by atoms with Gasteiger partial charge in [-0.2, -0.15) is 0 Å². The lowest BCUT2D eigenvalue weighted by atomic mass is 10.0. The van der Waals surface area contributed by atoms with Crippen molar-refractivity contribution in [1.82, 2.24) is 0 Å². The van der Waals surface area contributed by atoms with Gasteiger partial charge in [0.15, 0.2) is 0 Å². The molecule has 22 heavy (non-hydrogen) atoms. The average Bonchev–Trinajstić information content (AvgIpc) is 2.61. The molecule has 0 saturated carbocycles. The molecule has 0 fully saturated rings. The first-order chi connectivity index (χ1) is 10.9. The molecular weight excluding hydrogens is 270 g/mol. The second kappa shape index (κ2) is 6.72. The van der Waals surface area contributed by atoms with Gasteiger partial charge in [0.25, 0.3) is 0 Å². The van der Waals surface area contributed by atoms with Gasteiger partial charge in [0.1, 0.15) is 5.75 Å². The third kappa shape index (κ3) is 3.23. The van der Waals surface area contributed by atoms with Crippen LogP contribution in [0.2, 0.25) is 0 Å². The molecule has 0 aromatic heterocycles. The summed E-state index contributed by atoms with van der Waals surface area (Å²) in [6, 6.07) is 28.2. The minimum atomic E-state index is 0.807. The second-order valence-electron chi connectivity index (χ2n) is 4.89. The molecule has 0 unspecified atom stereocenters. The summed E-state index contributed by atoms with van der Waals surface area (Å²) < 4.78 is 5.28. The first-order valence-electron chi connectivity index (χ1n) is 7.20. The molecule has 3 aromatic rings. The highest BCUT2D eigenvalue weighted by Gasteiger charge is 2.06. The summed E-state index contributed by atoms with van der Waals surface area (Å²) in [6.45, 7) is 0. The minimum absolute atomic E-state index is 0.807. The van der Waals surface area contributed by atoms with E-state index < -0.39 is 0 Å². The molecule has 0 aliphatic heterocycles. The molecule has 3 rings (SSSR count). The SMILES string of the molecule is COc1cccc(N=C(c2ccccc2)c2ccccc2)c1. The molecule has 0 spiro atoms. The van der Waals surface area contributed by atoms with Crippen molar-refractivity contribution in [1.29, 1.82) is 0 Å². The van der Waals surface area contributed by atoms with Crippen LogP contribution in [0, 0.1) is 0 Å². The Bertz CT molecular complexity index is 722. The van der Waals surface area contributed by atoms with Crippen LogP contribution in [-0.2, 0) is 0 Å². The molecular formula is C20H17NO. The molecule has 0 bridgehead atoms. The number of rotatable bonds is 4. The van der Waals surface area contributed by atoms with E-state index in [9.17, 15) is 0 Å². The fourth-order valence-corrected chi connectivity index (χ4v) is 2.30. The predicted octanol–water partition coefficient (Wildman–Crippen LogP) is 4.86. The lowest BCUT2D eigenvalue weighted by Crippen LogP contribution is -2.02. The molecule has 108 valence electrons. The van der Waals surface area contributed by atoms with E-state index in [1.807, 2.05) is 60.7 Å². The van der Waals surface area contributed by atoms with Crippen LogP contribution in [0.4, 0.5) is 5.69 Å². The average molecular weight is 287 g/mol. The number of hydrogen-bond donors (Lipinski definition) is 0. The summed E-state index contributed by atoms with van der Waals surface area (Å²) in [4.78, 5) is 4.84. The van der Waals surface area contributed by atoms with Gasteiger partial charge in [-0.05, 0) is 12.1 Å². The van der Waals surface area contributed by atoms with E-state index in [0.29, 0.717) is 0 Å². The van der Waals surface area contributed by atoms with E-state index in [2.05, 4.69) is 24.3 Å². The third-order valence-corrected chi connectivity index (χ3v) is 3.39. The number of aliphatic imine (C=N–C) groups is 1. The molecule has 2 nitrogen and oxygen atoms in total. The van der Waals surface area contributed by atoms with Crippen molar-refractivity contribution in [2.24, 2.45) is 4.99 Å². The molecule has 0 aliphatic rings. The van der Waals surface area contributed by atoms with Crippen LogP contribution in [0.5, 0.6) is 5.75 Å². The molecule has 0 saturated heterocycles. The maximum absolute atomic E-state index is 5.28. The number of ether oxygens (including phenoxy) is 1. The predicted molar refractivity (Wildman–Crippen MR) is 91.2 cm³/mol. The molecule has 0 amide bonds. The van der Waals surface area contributed by atoms with Crippen LogP contribution >= 0.6 is 0 Å². The highest BCUT2D eigenvalue weighted by Crippen LogP contribution is 2.22. The van der Waals surface area contributed by atoms with Gasteiger partial charge in [-0.15, -0.1) is 0 Å². The Labute approximate surface area is 130 Å². The van der Waals surface area contributed by atoms with Crippen molar-refractivity contribution in [3.63, 3.8) is 0 Å². The number of methoxy groups -OCH3 is 1. The zero-order valence-corrected chi connectivity index (χ0v) is 12.4. The first kappa shape index (κ1) is 14.1. The maximum atomic E-state index is 5.28. The summed E-state index contributed by atoms with van der Waals surface area (Å²) in [5, 5.41) is 0. The quantitative estimate of drug-likeness (QED) is 0.628. The Morgan fingerprint density at radius 2 is 1.32 bits per heavy atom. The van der Waals surface area contributed by atoms with Gasteiger partial charge in [0.2, 0.25) is 0 Å². The summed E-state index contributed by atoms with van der Waals surface area (Å²) >= 11 is 0. The molecule has 0 aliphatic carbocycles. The van der Waals surface area contributed by atoms with Gasteiger partial charge < -0.3 is 4.74 Å². The van der Waals surface area contributed by atoms with Crippen LogP contribution in [0.3, 0.4) is 0 Å². The van der Waals surface area contributed by atoms with Crippen molar-refractivity contribution < 1.29 is 4.74 Å². The number of nitrogens with zero attached hydrogens (tertiary/aromatic N) is 1. The third-order valence-electron chi connectivity index (χ3n) is 3.39. The lowest BCUT2D eigenvalue weighted by molar-refractivity contribution is 0.415. The molecule has 0 atom stereocenters. The van der Waals surface area contributed by atoms with Gasteiger partial charge in [0.05, 0.1) is 18.5 Å². The van der Waals surface area contributed by atoms with E-state index in [0.717, 1.165) is 28.3 Å². The lowest BCUT2D eigenvalue weighted by Gasteiger charge is -2.08. The standard InChI is InChI=1S/C20H17NO/c1-22-19-14-8-13-18(15-19)21-20(16-9-4-2-5-10-16)17-11-6-3-7-12-17/h2-15H,1H3. The van der Waals surface area contributed by atoms with Crippen molar-refractivity contribution in [3.05, 3.63) is 96.1 Å². The van der Waals surface area contributed by atoms with Gasteiger partial charge in [-0.3, -0.25) is 0 Å². The Morgan fingerprint density at radius 3 is 1.86 bits per heavy atom. The molecule has 0 heterocycles. The molecule has 3 aromatic carbocycles. The zero-order valence-electron chi connectivity index (χ0n) is 12.4. The normalized spacial score (nSPS) is 10.0. The van der Waals surface area contributed by atoms with Crippen LogP contribution in [0.25, 0.3) is 0 Å². The molecule has 2 heteroatoms. The summed E-state index contributed by atoms with van der Waals surface area (Å²) in [5.41, 5.74) is 4.02. The Balaban J connectivity index is 2.11. The monoisotopic (exact) mass is 287 g/mol. The number of hydrogen-bond acceptors (Lipinski definition) is 2. The van der Waals surface area contributed by atoms with Crippen molar-refractivity contribution in [2.45, 2.75) is 0 Å². The van der Waals surface area contributed by atoms with Gasteiger partial charge in [-0.1, -0.05) is 66.7 Å². The van der Waals surface area contributed by atoms with Crippen molar-refractivity contribution in [2.75, 3.05) is 7.11 Å². The summed E-state index contributed by atoms with van der Waals surface area (Å²) in [7, 11) is 1.66. The fraction of sp³-hybridized carbons (Fsp3) is 0.0500. The van der Waals surface area contributed by atoms with Crippen LogP contribution in [0.1, 0.15) is 11.1 Å². The molecule has 0 radical (unpaired) electrons. The van der Waals surface area contributed by atoms with Crippen LogP contribution in [-0.4, -0.2) is 12.8 Å². The van der Waals surface area contributed by atoms with E-state index in [1.54, 1.807) is 7.11 Å². The van der Waals surface area contributed by atoms with Gasteiger partial charge in [-0.25, -0.2) is 4.99 Å². The van der Waals surface area contributed by atoms with E-state index in [-0.39, 0.29) is 0 Å². The largest absolute Gasteiger partial charge is 0.497 e. The minimum Gasteiger partial charge on any atom is -0.497 e. The smallest absolute Gasteiger partial charge is 0.121 e. The Kier molecular flexibility index (Phi) is 4.30. The van der Waals surface area contributed by atoms with E-state index in [4.69, 9.17) is 9.73 Å². The fourth-order valence-electron chi connectivity index (χ4n) is 2.30. The van der Waals surface area contributed by atoms with Crippen molar-refractivity contribution >= 4 is 11.4 Å². The van der Waals surface area contributed by atoms with Crippen LogP contribution < -0.4 is 4.74 Å². The Morgan fingerprint density at radius 1 is 0.727 bits per heavy atom. The summed E-state index contributed by atoms with van der Waals surface area (Å²) in [5.74, 6) is 0.807. The van der Waals surface area contributed by atoms with E-state index >= 15 is 0 Å². The maximum Gasteiger partial charge on any atom is 0.121 e. The van der Waals surface area contributed by atoms with Crippen molar-refractivity contribution in [3.8, 4) is 5.75 Å². The van der Waals surface area contributed by atoms with Crippen LogP contribution in [0.15, 0.2) is 89.9 Å². The second-order valence-corrected chi connectivity index (χ2v) is 4.89. The topological polar surface area (TPSA) is 21.6 Å². The van der Waals surface area contributed by atoms with Gasteiger partial charge in [0, 0.05) is 17.2 Å². The Hall–Kier alpha value is -2.87. The molecule has 0 N–H and O–H groups in total. The van der Waals surface area contributed by atoms with Gasteiger partial charge >= 0.3 is 0 Å². The number of benzene rings is 3. The summed E-state index contributed by atoms with van der Waals surface area (Å²) in [6.07, 6.45) is 0. The highest BCUT2D eigenvalue weighted by atomic mass is 16.5. The zero-order chi connectivity index (χ0) is 15.2. The van der Waals surface area contributed by atoms with E-state index in [1.165, 1.54) is 0 Å². The highest BCUT2D eigenvalue weighted by molar-refractivity contribution is 6.13.